The molecule has 1 aromatic rings. The molecule has 2 heterocycles. The van der Waals surface area contributed by atoms with Crippen molar-refractivity contribution >= 4 is 39.3 Å². The highest BCUT2D eigenvalue weighted by Crippen LogP contribution is 2.23. The minimum atomic E-state index is -0.514. The molecule has 1 aromatic carbocycles. The van der Waals surface area contributed by atoms with Crippen LogP contribution in [0.3, 0.4) is 0 Å². The van der Waals surface area contributed by atoms with E-state index in [9.17, 15) is 14.4 Å². The predicted molar refractivity (Wildman–Crippen MR) is 87.6 cm³/mol. The Hall–Kier alpha value is -1.73. The second-order valence-corrected chi connectivity index (χ2v) is 6.86. The number of anilines is 1. The van der Waals surface area contributed by atoms with Gasteiger partial charge >= 0.3 is 0 Å². The van der Waals surface area contributed by atoms with Crippen molar-refractivity contribution in [2.24, 2.45) is 0 Å². The molecule has 2 aliphatic heterocycles. The van der Waals surface area contributed by atoms with Crippen LogP contribution in [0.15, 0.2) is 28.7 Å². The Morgan fingerprint density at radius 3 is 2.57 bits per heavy atom. The van der Waals surface area contributed by atoms with Crippen LogP contribution in [-0.4, -0.2) is 36.3 Å². The van der Waals surface area contributed by atoms with Crippen molar-refractivity contribution in [3.63, 3.8) is 0 Å². The van der Waals surface area contributed by atoms with E-state index in [1.807, 2.05) is 0 Å². The summed E-state index contributed by atoms with van der Waals surface area (Å²) in [4.78, 5) is 38.1. The van der Waals surface area contributed by atoms with Crippen LogP contribution in [0.2, 0.25) is 0 Å². The second kappa shape index (κ2) is 6.80. The van der Waals surface area contributed by atoms with E-state index in [1.165, 1.54) is 4.90 Å². The molecule has 2 fully saturated rings. The number of quaternary nitrogens is 1. The number of nitrogens with two attached hydrogens (primary N) is 1. The second-order valence-electron chi connectivity index (χ2n) is 5.94. The maximum absolute atomic E-state index is 12.6. The number of hydrogen-bond donors (Lipinski definition) is 2. The number of hydrogen-bond acceptors (Lipinski definition) is 3. The summed E-state index contributed by atoms with van der Waals surface area (Å²) >= 11 is 3.34. The van der Waals surface area contributed by atoms with Crippen LogP contribution in [0.5, 0.6) is 0 Å². The Kier molecular flexibility index (Phi) is 4.77. The van der Waals surface area contributed by atoms with E-state index < -0.39 is 6.04 Å². The highest BCUT2D eigenvalue weighted by atomic mass is 79.9. The molecule has 2 saturated heterocycles. The summed E-state index contributed by atoms with van der Waals surface area (Å²) in [5, 5.41) is 4.62. The minimum Gasteiger partial charge on any atom is -0.351 e. The van der Waals surface area contributed by atoms with Crippen LogP contribution in [0, 0.1) is 0 Å². The maximum Gasteiger partial charge on any atom is 0.292 e. The first-order chi connectivity index (χ1) is 11.1. The summed E-state index contributed by atoms with van der Waals surface area (Å²) in [5.74, 6) is -0.494. The fourth-order valence-corrected chi connectivity index (χ4v) is 3.36. The van der Waals surface area contributed by atoms with Gasteiger partial charge in [0.2, 0.25) is 5.91 Å². The van der Waals surface area contributed by atoms with Crippen molar-refractivity contribution in [1.82, 2.24) is 5.32 Å². The Balaban J connectivity index is 1.73. The van der Waals surface area contributed by atoms with Gasteiger partial charge in [0.05, 0.1) is 12.1 Å². The molecule has 0 aromatic heterocycles. The van der Waals surface area contributed by atoms with Crippen molar-refractivity contribution in [2.45, 2.75) is 37.8 Å². The molecular weight excluding hydrogens is 362 g/mol. The van der Waals surface area contributed by atoms with E-state index in [1.54, 1.807) is 29.6 Å². The number of nitrogens with zero attached hydrogens (tertiary/aromatic N) is 1. The summed E-state index contributed by atoms with van der Waals surface area (Å²) in [6, 6.07) is 6.27. The topological polar surface area (TPSA) is 83.1 Å². The molecule has 3 amide bonds. The summed E-state index contributed by atoms with van der Waals surface area (Å²) in [6.45, 7) is 0.686. The lowest BCUT2D eigenvalue weighted by molar-refractivity contribution is -0.696. The highest BCUT2D eigenvalue weighted by molar-refractivity contribution is 9.10. The summed E-state index contributed by atoms with van der Waals surface area (Å²) in [5.41, 5.74) is 0.574. The highest BCUT2D eigenvalue weighted by Gasteiger charge is 2.44. The standard InChI is InChI=1S/C16H18BrN3O3/c17-10-4-6-11(7-5-10)20-14(21)9-13(16(20)23)19-12-3-1-2-8-18-15(12)22/h4-7,12-13,19H,1-3,8-9H2,(H,18,22)/p+1/t12-,13-/m0/s1. The smallest absolute Gasteiger partial charge is 0.292 e. The normalized spacial score (nSPS) is 25.4. The molecule has 0 unspecified atom stereocenters. The van der Waals surface area contributed by atoms with Crippen LogP contribution in [-0.2, 0) is 14.4 Å². The molecule has 23 heavy (non-hydrogen) atoms. The van der Waals surface area contributed by atoms with Crippen LogP contribution in [0.25, 0.3) is 0 Å². The van der Waals surface area contributed by atoms with E-state index in [2.05, 4.69) is 21.2 Å². The fourth-order valence-electron chi connectivity index (χ4n) is 3.09. The molecule has 0 spiro atoms. The maximum atomic E-state index is 12.6. The number of nitrogens with one attached hydrogen (secondary N) is 1. The first-order valence-corrected chi connectivity index (χ1v) is 8.60. The number of carbonyl (C=O) groups excluding carboxylic acids is 3. The molecule has 0 radical (unpaired) electrons. The van der Waals surface area contributed by atoms with Crippen molar-refractivity contribution in [3.05, 3.63) is 28.7 Å². The van der Waals surface area contributed by atoms with Gasteiger partial charge in [0.1, 0.15) is 0 Å². The number of rotatable bonds is 3. The summed E-state index contributed by atoms with van der Waals surface area (Å²) in [7, 11) is 0. The number of amides is 3. The molecule has 6 nitrogen and oxygen atoms in total. The Bertz CT molecular complexity index is 632. The van der Waals surface area contributed by atoms with Crippen molar-refractivity contribution in [2.75, 3.05) is 11.4 Å². The third-order valence-electron chi connectivity index (χ3n) is 4.31. The molecule has 0 aliphatic carbocycles. The third-order valence-corrected chi connectivity index (χ3v) is 4.84. The van der Waals surface area contributed by atoms with E-state index in [-0.39, 0.29) is 30.2 Å². The zero-order chi connectivity index (χ0) is 16.4. The quantitative estimate of drug-likeness (QED) is 0.740. The van der Waals surface area contributed by atoms with E-state index in [4.69, 9.17) is 0 Å². The molecule has 2 atom stereocenters. The molecule has 3 N–H and O–H groups in total. The summed E-state index contributed by atoms with van der Waals surface area (Å²) in [6.07, 6.45) is 2.78. The van der Waals surface area contributed by atoms with E-state index in [0.29, 0.717) is 12.2 Å². The van der Waals surface area contributed by atoms with Gasteiger partial charge in [-0.3, -0.25) is 14.4 Å². The third kappa shape index (κ3) is 3.45. The number of halogens is 1. The van der Waals surface area contributed by atoms with Gasteiger partial charge in [0.15, 0.2) is 12.1 Å². The molecule has 122 valence electrons. The Morgan fingerprint density at radius 2 is 1.83 bits per heavy atom. The molecule has 0 saturated carbocycles. The first-order valence-electron chi connectivity index (χ1n) is 7.81. The van der Waals surface area contributed by atoms with Gasteiger partial charge in [-0.1, -0.05) is 15.9 Å². The van der Waals surface area contributed by atoms with Gasteiger partial charge in [-0.25, -0.2) is 4.90 Å². The number of benzene rings is 1. The SMILES string of the molecule is O=C1NCCCC[C@@H]1[NH2+][C@H]1CC(=O)N(c2ccc(Br)cc2)C1=O. The largest absolute Gasteiger partial charge is 0.351 e. The average molecular weight is 381 g/mol. The zero-order valence-electron chi connectivity index (χ0n) is 12.6. The average Bonchev–Trinajstić information content (AvgIpc) is 2.68. The number of imide groups is 1. The molecule has 3 rings (SSSR count). The van der Waals surface area contributed by atoms with Gasteiger partial charge < -0.3 is 10.6 Å². The lowest BCUT2D eigenvalue weighted by Gasteiger charge is -2.17. The van der Waals surface area contributed by atoms with Crippen molar-refractivity contribution in [1.29, 1.82) is 0 Å². The van der Waals surface area contributed by atoms with Gasteiger partial charge in [-0.15, -0.1) is 0 Å². The van der Waals surface area contributed by atoms with Crippen molar-refractivity contribution < 1.29 is 19.7 Å². The molecule has 7 heteroatoms. The fraction of sp³-hybridized carbons (Fsp3) is 0.438. The minimum absolute atomic E-state index is 0.0372. The zero-order valence-corrected chi connectivity index (χ0v) is 14.2. The van der Waals surface area contributed by atoms with Crippen molar-refractivity contribution in [3.8, 4) is 0 Å². The van der Waals surface area contributed by atoms with Gasteiger partial charge in [-0.2, -0.15) is 0 Å². The van der Waals surface area contributed by atoms with E-state index in [0.717, 1.165) is 23.7 Å². The van der Waals surface area contributed by atoms with Gasteiger partial charge in [-0.05, 0) is 37.1 Å². The molecule has 0 bridgehead atoms. The van der Waals surface area contributed by atoms with Gasteiger partial charge in [0.25, 0.3) is 11.8 Å². The van der Waals surface area contributed by atoms with E-state index >= 15 is 0 Å². The first kappa shape index (κ1) is 16.1. The lowest BCUT2D eigenvalue weighted by atomic mass is 10.1. The molecular formula is C16H19BrN3O3+. The summed E-state index contributed by atoms with van der Waals surface area (Å²) < 4.78 is 0.888. The Labute approximate surface area is 142 Å². The monoisotopic (exact) mass is 380 g/mol. The Morgan fingerprint density at radius 1 is 1.09 bits per heavy atom. The molecule has 2 aliphatic rings. The van der Waals surface area contributed by atoms with Crippen LogP contribution in [0.1, 0.15) is 25.7 Å². The predicted octanol–water partition coefficient (Wildman–Crippen LogP) is 0.313. The van der Waals surface area contributed by atoms with Crippen LogP contribution in [0.4, 0.5) is 5.69 Å². The van der Waals surface area contributed by atoms with Crippen LogP contribution < -0.4 is 15.5 Å². The lowest BCUT2D eigenvalue weighted by Crippen LogP contribution is -2.98. The number of carbonyl (C=O) groups is 3. The van der Waals surface area contributed by atoms with Crippen LogP contribution >= 0.6 is 15.9 Å². The van der Waals surface area contributed by atoms with Gasteiger partial charge in [0, 0.05) is 17.4 Å².